The Morgan fingerprint density at radius 2 is 1.73 bits per heavy atom. The van der Waals surface area contributed by atoms with Crippen LogP contribution in [0.1, 0.15) is 0 Å². The maximum atomic E-state index is 7.73. The zero-order valence-electron chi connectivity index (χ0n) is 5.54. The van der Waals surface area contributed by atoms with Crippen molar-refractivity contribution in [2.45, 2.75) is 0 Å². The minimum Gasteiger partial charge on any atom is -0.811 e. The molecule has 0 amide bonds. The number of hydrogen-bond donors (Lipinski definition) is 0. The molecule has 2 N–H and O–H groups in total. The molecule has 5 nitrogen and oxygen atoms in total. The molecule has 0 radical (unpaired) electrons. The average molecular weight is 196 g/mol. The fraction of sp³-hybridized carbons (Fsp3) is 0. The Balaban J connectivity index is -0.000000107. The monoisotopic (exact) mass is 195 g/mol. The van der Waals surface area contributed by atoms with E-state index in [0.29, 0.717) is 6.34 Å². The third kappa shape index (κ3) is 51.2. The van der Waals surface area contributed by atoms with Gasteiger partial charge in [-0.3, -0.25) is 0 Å². The molecule has 0 atom stereocenters. The molecule has 0 fully saturated rings. The van der Waals surface area contributed by atoms with Gasteiger partial charge in [0.2, 0.25) is 0 Å². The van der Waals surface area contributed by atoms with Gasteiger partial charge >= 0.3 is 0 Å². The summed E-state index contributed by atoms with van der Waals surface area (Å²) in [6.07, 6.45) is 4.35. The molecular formula is C5H7N5Ni-4. The topological polar surface area (TPSA) is 105 Å². The quantitative estimate of drug-likeness (QED) is 0.365. The van der Waals surface area contributed by atoms with Crippen LogP contribution < -0.4 is 0 Å². The molecule has 0 heterocycles. The van der Waals surface area contributed by atoms with Gasteiger partial charge in [0.15, 0.2) is 0 Å². The minimum atomic E-state index is 0. The largest absolute Gasteiger partial charge is 0.811 e. The number of aliphatic imine (C=N–C) groups is 1. The van der Waals surface area contributed by atoms with Crippen LogP contribution in [0.3, 0.4) is 0 Å². The van der Waals surface area contributed by atoms with Crippen molar-refractivity contribution >= 4 is 18.9 Å². The summed E-state index contributed by atoms with van der Waals surface area (Å²) in [5, 5.41) is 15.4. The van der Waals surface area contributed by atoms with E-state index in [1.807, 2.05) is 0 Å². The summed E-state index contributed by atoms with van der Waals surface area (Å²) in [6, 6.07) is 0. The van der Waals surface area contributed by atoms with Crippen LogP contribution in [0.5, 0.6) is 0 Å². The van der Waals surface area contributed by atoms with E-state index < -0.39 is 0 Å². The first-order valence-electron chi connectivity index (χ1n) is 2.28. The van der Waals surface area contributed by atoms with Crippen molar-refractivity contribution in [2.75, 3.05) is 0 Å². The van der Waals surface area contributed by atoms with Crippen LogP contribution in [0.15, 0.2) is 17.3 Å². The Labute approximate surface area is 75.5 Å². The van der Waals surface area contributed by atoms with E-state index in [-0.39, 0.29) is 16.5 Å². The predicted molar refractivity (Wildman–Crippen MR) is 45.1 cm³/mol. The van der Waals surface area contributed by atoms with E-state index in [0.717, 1.165) is 18.8 Å². The van der Waals surface area contributed by atoms with Crippen molar-refractivity contribution in [3.63, 3.8) is 0 Å². The van der Waals surface area contributed by atoms with E-state index in [1.54, 1.807) is 0 Å². The van der Waals surface area contributed by atoms with Gasteiger partial charge < -0.3 is 27.3 Å². The molecule has 0 aliphatic heterocycles. The van der Waals surface area contributed by atoms with Gasteiger partial charge in [0.25, 0.3) is 0 Å². The molecule has 0 saturated heterocycles. The molecular weight excluding hydrogens is 189 g/mol. The fourth-order valence-corrected chi connectivity index (χ4v) is 0.0764. The Kier molecular flexibility index (Phi) is 34.7. The third-order valence-electron chi connectivity index (χ3n) is 0.323. The van der Waals surface area contributed by atoms with Gasteiger partial charge in [-0.15, -0.1) is 18.8 Å². The molecule has 6 heteroatoms. The maximum Gasteiger partial charge on any atom is 0 e. The van der Waals surface area contributed by atoms with E-state index in [4.69, 9.17) is 22.3 Å². The predicted octanol–water partition coefficient (Wildman–Crippen LogP) is 1.85. The molecule has 0 aliphatic carbocycles. The van der Waals surface area contributed by atoms with Crippen molar-refractivity contribution in [2.24, 2.45) is 4.99 Å². The normalized spacial score (nSPS) is 8.00. The number of nitrogens with zero attached hydrogens (tertiary/aromatic N) is 3. The van der Waals surface area contributed by atoms with E-state index in [1.165, 1.54) is 6.08 Å². The van der Waals surface area contributed by atoms with Gasteiger partial charge in [-0.05, 0) is 0 Å². The van der Waals surface area contributed by atoms with Crippen LogP contribution in [0.25, 0.3) is 22.3 Å². The van der Waals surface area contributed by atoms with Gasteiger partial charge in [-0.2, -0.15) is 12.4 Å². The van der Waals surface area contributed by atoms with Gasteiger partial charge in [0, 0.05) is 16.5 Å². The van der Waals surface area contributed by atoms with E-state index in [9.17, 15) is 0 Å². The van der Waals surface area contributed by atoms with Crippen LogP contribution in [0.4, 0.5) is 0 Å². The molecule has 0 aromatic heterocycles. The van der Waals surface area contributed by atoms with E-state index >= 15 is 0 Å². The Morgan fingerprint density at radius 3 is 1.73 bits per heavy atom. The fourth-order valence-electron chi connectivity index (χ4n) is 0.0764. The number of allylic oxidation sites excluding steroid dienone is 1. The molecule has 11 heavy (non-hydrogen) atoms. The van der Waals surface area contributed by atoms with Crippen molar-refractivity contribution in [3.05, 3.63) is 34.6 Å². The summed E-state index contributed by atoms with van der Waals surface area (Å²) in [4.78, 5) is 2.94. The van der Waals surface area contributed by atoms with Gasteiger partial charge in [-0.1, -0.05) is 0 Å². The molecule has 0 aromatic rings. The second-order valence-corrected chi connectivity index (χ2v) is 0.902. The zero-order valence-corrected chi connectivity index (χ0v) is 6.53. The molecule has 0 rings (SSSR count). The first-order chi connectivity index (χ1) is 4.83. The Bertz CT molecular complexity index is 115. The SMILES string of the molecule is [N-]=C/C=C\[NH-].[N-]=CN=C[NH-].[Ni]. The first kappa shape index (κ1) is 16.4. The standard InChI is InChI=1S/C3H4N2.C2H3N3.Ni/c4-2-1-3-5;3-1-5-2-4;/h1-4H;1-2H,(H-2,3,4,5);/q2*-2;/b2-1-;;. The second-order valence-electron chi connectivity index (χ2n) is 0.902. The molecule has 0 saturated carbocycles. The summed E-state index contributed by atoms with van der Waals surface area (Å²) < 4.78 is 0. The molecule has 0 spiro atoms. The first-order valence-corrected chi connectivity index (χ1v) is 2.28. The Hall–Kier alpha value is -1.16. The van der Waals surface area contributed by atoms with Crippen molar-refractivity contribution in [1.29, 1.82) is 0 Å². The molecule has 0 aliphatic rings. The second kappa shape index (κ2) is 23.2. The number of hydrogen-bond acceptors (Lipinski definition) is 0. The molecule has 0 unspecified atom stereocenters. The minimum absolute atomic E-state index is 0. The summed E-state index contributed by atoms with van der Waals surface area (Å²) in [5.74, 6) is 0. The Morgan fingerprint density at radius 1 is 1.18 bits per heavy atom. The number of nitrogens with one attached hydrogen (secondary N) is 2. The van der Waals surface area contributed by atoms with Crippen LogP contribution >= 0.6 is 0 Å². The summed E-state index contributed by atoms with van der Waals surface area (Å²) >= 11 is 0. The van der Waals surface area contributed by atoms with Crippen molar-refractivity contribution < 1.29 is 16.5 Å². The summed E-state index contributed by atoms with van der Waals surface area (Å²) in [7, 11) is 0. The van der Waals surface area contributed by atoms with Crippen molar-refractivity contribution in [1.82, 2.24) is 0 Å². The van der Waals surface area contributed by atoms with Crippen LogP contribution in [0, 0.1) is 0 Å². The van der Waals surface area contributed by atoms with Gasteiger partial charge in [-0.25, -0.2) is 0 Å². The molecule has 0 aromatic carbocycles. The maximum absolute atomic E-state index is 7.73. The average Bonchev–Trinajstić information content (AvgIpc) is 1.93. The molecule has 66 valence electrons. The van der Waals surface area contributed by atoms with Crippen LogP contribution in [-0.4, -0.2) is 18.9 Å². The van der Waals surface area contributed by atoms with Gasteiger partial charge in [0.05, 0.1) is 0 Å². The number of rotatable bonds is 2. The van der Waals surface area contributed by atoms with Crippen LogP contribution in [-0.2, 0) is 16.5 Å². The van der Waals surface area contributed by atoms with Crippen LogP contribution in [0.2, 0.25) is 0 Å². The zero-order chi connectivity index (χ0) is 8.24. The van der Waals surface area contributed by atoms with Crippen molar-refractivity contribution in [3.8, 4) is 0 Å². The van der Waals surface area contributed by atoms with Gasteiger partial charge in [0.1, 0.15) is 0 Å². The van der Waals surface area contributed by atoms with E-state index in [2.05, 4.69) is 4.99 Å². The smallest absolute Gasteiger partial charge is 0 e. The summed E-state index contributed by atoms with van der Waals surface area (Å²) in [5.41, 5.74) is 12.4. The molecule has 0 bridgehead atoms. The summed E-state index contributed by atoms with van der Waals surface area (Å²) in [6.45, 7) is 0. The third-order valence-corrected chi connectivity index (χ3v) is 0.323.